The molecule has 3 aromatic rings. The summed E-state index contributed by atoms with van der Waals surface area (Å²) in [5.41, 5.74) is -0.606. The van der Waals surface area contributed by atoms with Gasteiger partial charge in [-0.2, -0.15) is 13.2 Å². The van der Waals surface area contributed by atoms with Crippen LogP contribution in [0.5, 0.6) is 5.88 Å². The average Bonchev–Trinajstić information content (AvgIpc) is 3.18. The van der Waals surface area contributed by atoms with Crippen LogP contribution in [0.15, 0.2) is 53.7 Å². The molecule has 1 amide bonds. The number of alkyl halides is 3. The van der Waals surface area contributed by atoms with E-state index in [1.54, 1.807) is 24.3 Å². The van der Waals surface area contributed by atoms with Crippen molar-refractivity contribution < 1.29 is 22.7 Å². The van der Waals surface area contributed by atoms with E-state index in [1.165, 1.54) is 15.8 Å². The lowest BCUT2D eigenvalue weighted by molar-refractivity contribution is -0.137. The van der Waals surface area contributed by atoms with Gasteiger partial charge in [0.05, 0.1) is 29.3 Å². The highest BCUT2D eigenvalue weighted by atomic mass is 19.4. The van der Waals surface area contributed by atoms with E-state index in [0.717, 1.165) is 18.3 Å². The number of fused-ring (bicyclic) bond motifs is 1. The third-order valence-corrected chi connectivity index (χ3v) is 4.88. The monoisotopic (exact) mass is 418 g/mol. The molecule has 0 spiro atoms. The van der Waals surface area contributed by atoms with Gasteiger partial charge in [0.25, 0.3) is 5.56 Å². The van der Waals surface area contributed by atoms with Crippen LogP contribution in [-0.4, -0.2) is 44.5 Å². The first-order chi connectivity index (χ1) is 14.3. The average molecular weight is 418 g/mol. The quantitative estimate of drug-likeness (QED) is 0.651. The van der Waals surface area contributed by atoms with E-state index in [2.05, 4.69) is 9.97 Å². The number of likely N-dealkylation sites (tertiary alicyclic amines) is 1. The predicted molar refractivity (Wildman–Crippen MR) is 101 cm³/mol. The molecule has 2 aromatic heterocycles. The number of hydrogen-bond acceptors (Lipinski definition) is 5. The zero-order valence-corrected chi connectivity index (χ0v) is 15.7. The summed E-state index contributed by atoms with van der Waals surface area (Å²) in [7, 11) is 0. The molecule has 7 nitrogen and oxygen atoms in total. The Morgan fingerprint density at radius 1 is 1.20 bits per heavy atom. The number of rotatable bonds is 4. The van der Waals surface area contributed by atoms with Crippen molar-refractivity contribution in [3.63, 3.8) is 0 Å². The first-order valence-corrected chi connectivity index (χ1v) is 9.23. The summed E-state index contributed by atoms with van der Waals surface area (Å²) < 4.78 is 45.2. The Bertz CT molecular complexity index is 1150. The number of nitrogens with zero attached hydrogens (tertiary/aromatic N) is 4. The van der Waals surface area contributed by atoms with Crippen molar-refractivity contribution in [1.29, 1.82) is 0 Å². The third kappa shape index (κ3) is 4.12. The lowest BCUT2D eigenvalue weighted by atomic mass is 10.2. The van der Waals surface area contributed by atoms with Crippen LogP contribution in [0.25, 0.3) is 10.9 Å². The molecule has 1 unspecified atom stereocenters. The fourth-order valence-corrected chi connectivity index (χ4v) is 3.34. The highest BCUT2D eigenvalue weighted by Gasteiger charge is 2.32. The summed E-state index contributed by atoms with van der Waals surface area (Å²) in [6, 6.07) is 8.56. The number of aromatic nitrogens is 3. The van der Waals surface area contributed by atoms with Gasteiger partial charge in [-0.25, -0.2) is 9.97 Å². The first kappa shape index (κ1) is 19.9. The van der Waals surface area contributed by atoms with Gasteiger partial charge in [0.15, 0.2) is 0 Å². The van der Waals surface area contributed by atoms with Gasteiger partial charge < -0.3 is 9.64 Å². The second-order valence-electron chi connectivity index (χ2n) is 6.94. The molecule has 0 saturated carbocycles. The van der Waals surface area contributed by atoms with E-state index >= 15 is 0 Å². The van der Waals surface area contributed by atoms with Gasteiger partial charge in [-0.15, -0.1) is 0 Å². The number of hydrogen-bond donors (Lipinski definition) is 0. The molecule has 0 N–H and O–H groups in total. The third-order valence-electron chi connectivity index (χ3n) is 4.88. The molecule has 0 aliphatic carbocycles. The van der Waals surface area contributed by atoms with Crippen LogP contribution in [0.3, 0.4) is 0 Å². The summed E-state index contributed by atoms with van der Waals surface area (Å²) in [6.45, 7) is 0.399. The van der Waals surface area contributed by atoms with Crippen molar-refractivity contribution in [3.05, 3.63) is 64.8 Å². The smallest absolute Gasteiger partial charge is 0.416 e. The molecule has 1 aromatic carbocycles. The summed E-state index contributed by atoms with van der Waals surface area (Å²) in [4.78, 5) is 34.6. The van der Waals surface area contributed by atoms with E-state index in [0.29, 0.717) is 23.9 Å². The molecule has 3 heterocycles. The minimum Gasteiger partial charge on any atom is -0.472 e. The number of halogens is 3. The molecule has 1 aliphatic rings. The minimum atomic E-state index is -4.49. The Kier molecular flexibility index (Phi) is 5.15. The number of carbonyl (C=O) groups is 1. The number of carbonyl (C=O) groups excluding carboxylic acids is 1. The summed E-state index contributed by atoms with van der Waals surface area (Å²) >= 11 is 0. The number of pyridine rings is 1. The molecular weight excluding hydrogens is 401 g/mol. The van der Waals surface area contributed by atoms with Crippen molar-refractivity contribution in [1.82, 2.24) is 19.4 Å². The predicted octanol–water partition coefficient (Wildman–Crippen LogP) is 2.49. The summed E-state index contributed by atoms with van der Waals surface area (Å²) in [5, 5.41) is 0.422. The topological polar surface area (TPSA) is 77.3 Å². The van der Waals surface area contributed by atoms with Crippen molar-refractivity contribution in [2.45, 2.75) is 25.2 Å². The van der Waals surface area contributed by atoms with Gasteiger partial charge in [0.2, 0.25) is 11.8 Å². The van der Waals surface area contributed by atoms with Crippen LogP contribution in [0.4, 0.5) is 13.2 Å². The molecule has 4 rings (SSSR count). The Morgan fingerprint density at radius 3 is 2.80 bits per heavy atom. The number of ether oxygens (including phenoxy) is 1. The van der Waals surface area contributed by atoms with Crippen LogP contribution in [0.1, 0.15) is 12.0 Å². The van der Waals surface area contributed by atoms with Gasteiger partial charge in [-0.3, -0.25) is 14.2 Å². The van der Waals surface area contributed by atoms with Crippen LogP contribution in [0, 0.1) is 0 Å². The summed E-state index contributed by atoms with van der Waals surface area (Å²) in [5.74, 6) is -0.434. The zero-order chi connectivity index (χ0) is 21.3. The first-order valence-electron chi connectivity index (χ1n) is 9.23. The van der Waals surface area contributed by atoms with E-state index in [1.807, 2.05) is 0 Å². The van der Waals surface area contributed by atoms with Gasteiger partial charge in [-0.1, -0.05) is 12.1 Å². The molecule has 1 fully saturated rings. The Hall–Kier alpha value is -3.43. The number of para-hydroxylation sites is 1. The Labute approximate surface area is 168 Å². The van der Waals surface area contributed by atoms with Crippen molar-refractivity contribution >= 4 is 16.8 Å². The molecule has 0 bridgehead atoms. The maximum atomic E-state index is 12.8. The SMILES string of the molecule is O=C(Cn1cnc2ccccc2c1=O)N1CCC(Oc2cc(C(F)(F)F)ccn2)C1. The minimum absolute atomic E-state index is 0.140. The van der Waals surface area contributed by atoms with Gasteiger partial charge in [0, 0.05) is 25.2 Å². The number of benzene rings is 1. The molecule has 1 saturated heterocycles. The maximum Gasteiger partial charge on any atom is 0.416 e. The molecule has 156 valence electrons. The molecule has 30 heavy (non-hydrogen) atoms. The zero-order valence-electron chi connectivity index (χ0n) is 15.7. The van der Waals surface area contributed by atoms with Crippen LogP contribution in [0.2, 0.25) is 0 Å². The highest BCUT2D eigenvalue weighted by molar-refractivity contribution is 5.79. The lowest BCUT2D eigenvalue weighted by Crippen LogP contribution is -2.36. The van der Waals surface area contributed by atoms with Gasteiger partial charge in [0.1, 0.15) is 12.6 Å². The van der Waals surface area contributed by atoms with Crippen LogP contribution >= 0.6 is 0 Å². The van der Waals surface area contributed by atoms with E-state index in [-0.39, 0.29) is 30.4 Å². The Balaban J connectivity index is 1.41. The van der Waals surface area contributed by atoms with Crippen LogP contribution < -0.4 is 10.3 Å². The molecule has 10 heteroatoms. The van der Waals surface area contributed by atoms with Crippen LogP contribution in [-0.2, 0) is 17.5 Å². The largest absolute Gasteiger partial charge is 0.472 e. The molecule has 1 atom stereocenters. The van der Waals surface area contributed by atoms with Gasteiger partial charge in [-0.05, 0) is 18.2 Å². The standard InChI is InChI=1S/C20H17F3N4O3/c21-20(22,23)13-5-7-24-17(9-13)30-14-6-8-26(10-14)18(28)11-27-12-25-16-4-2-1-3-15(16)19(27)29/h1-5,7,9,12,14H,6,8,10-11H2. The maximum absolute atomic E-state index is 12.8. The van der Waals surface area contributed by atoms with Gasteiger partial charge >= 0.3 is 6.18 Å². The highest BCUT2D eigenvalue weighted by Crippen LogP contribution is 2.31. The fraction of sp³-hybridized carbons (Fsp3) is 0.300. The molecule has 1 aliphatic heterocycles. The fourth-order valence-electron chi connectivity index (χ4n) is 3.34. The molecule has 0 radical (unpaired) electrons. The van der Waals surface area contributed by atoms with E-state index in [9.17, 15) is 22.8 Å². The normalized spacial score (nSPS) is 16.8. The van der Waals surface area contributed by atoms with E-state index in [4.69, 9.17) is 4.74 Å². The second kappa shape index (κ2) is 7.77. The van der Waals surface area contributed by atoms with Crippen molar-refractivity contribution in [2.24, 2.45) is 0 Å². The Morgan fingerprint density at radius 2 is 2.00 bits per heavy atom. The van der Waals surface area contributed by atoms with Crippen molar-refractivity contribution in [3.8, 4) is 5.88 Å². The van der Waals surface area contributed by atoms with Crippen molar-refractivity contribution in [2.75, 3.05) is 13.1 Å². The second-order valence-corrected chi connectivity index (χ2v) is 6.94. The number of amides is 1. The lowest BCUT2D eigenvalue weighted by Gasteiger charge is -2.18. The van der Waals surface area contributed by atoms with E-state index < -0.39 is 17.8 Å². The summed E-state index contributed by atoms with van der Waals surface area (Å²) in [6.07, 6.45) is -2.14. The molecular formula is C20H17F3N4O3.